The van der Waals surface area contributed by atoms with Gasteiger partial charge >= 0.3 is 0 Å². The molecule has 1 aliphatic rings. The first-order chi connectivity index (χ1) is 8.76. The minimum Gasteiger partial charge on any atom is -0.496 e. The Morgan fingerprint density at radius 1 is 1.33 bits per heavy atom. The predicted octanol–water partition coefficient (Wildman–Crippen LogP) is 3.50. The summed E-state index contributed by atoms with van der Waals surface area (Å²) in [6.45, 7) is 3.21. The second-order valence-electron chi connectivity index (χ2n) is 5.45. The van der Waals surface area contributed by atoms with Crippen molar-refractivity contribution in [1.82, 2.24) is 5.32 Å². The molecular formula is C16H25NO. The molecule has 0 bridgehead atoms. The maximum atomic E-state index is 5.56. The second kappa shape index (κ2) is 6.24. The lowest BCUT2D eigenvalue weighted by Crippen LogP contribution is -2.23. The molecule has 2 heteroatoms. The third-order valence-corrected chi connectivity index (χ3v) is 4.18. The standard InChI is InChI=1S/C16H25NO/c1-12-8-9-16(18-3)14(10-12)15(11-17-2)13-6-4-5-7-13/h8-10,13,15,17H,4-7,11H2,1-3H3. The van der Waals surface area contributed by atoms with Gasteiger partial charge in [0.15, 0.2) is 0 Å². The number of aryl methyl sites for hydroxylation is 1. The van der Waals surface area contributed by atoms with Gasteiger partial charge in [0.2, 0.25) is 0 Å². The molecule has 1 N–H and O–H groups in total. The normalized spacial score (nSPS) is 17.9. The van der Waals surface area contributed by atoms with Crippen LogP contribution in [0.1, 0.15) is 42.7 Å². The zero-order valence-corrected chi connectivity index (χ0v) is 11.8. The molecule has 100 valence electrons. The molecule has 2 nitrogen and oxygen atoms in total. The number of likely N-dealkylation sites (N-methyl/N-ethyl adjacent to an activating group) is 1. The Morgan fingerprint density at radius 2 is 2.06 bits per heavy atom. The highest BCUT2D eigenvalue weighted by Gasteiger charge is 2.27. The molecule has 1 saturated carbocycles. The molecule has 2 rings (SSSR count). The molecule has 1 fully saturated rings. The first kappa shape index (κ1) is 13.4. The average molecular weight is 247 g/mol. The van der Waals surface area contributed by atoms with Crippen molar-refractivity contribution in [3.05, 3.63) is 29.3 Å². The molecule has 0 saturated heterocycles. The number of ether oxygens (including phenoxy) is 1. The highest BCUT2D eigenvalue weighted by Crippen LogP contribution is 2.40. The first-order valence-corrected chi connectivity index (χ1v) is 7.05. The van der Waals surface area contributed by atoms with Gasteiger partial charge < -0.3 is 10.1 Å². The van der Waals surface area contributed by atoms with E-state index in [1.807, 2.05) is 7.05 Å². The fourth-order valence-corrected chi connectivity index (χ4v) is 3.25. The molecule has 0 radical (unpaired) electrons. The van der Waals surface area contributed by atoms with Crippen LogP contribution in [-0.2, 0) is 0 Å². The van der Waals surface area contributed by atoms with E-state index in [2.05, 4.69) is 30.4 Å². The quantitative estimate of drug-likeness (QED) is 0.860. The van der Waals surface area contributed by atoms with Crippen molar-refractivity contribution in [2.75, 3.05) is 20.7 Å². The SMILES string of the molecule is CNCC(c1cc(C)ccc1OC)C1CCCC1. The van der Waals surface area contributed by atoms with Crippen molar-refractivity contribution in [3.8, 4) is 5.75 Å². The second-order valence-corrected chi connectivity index (χ2v) is 5.45. The van der Waals surface area contributed by atoms with Gasteiger partial charge in [0, 0.05) is 12.5 Å². The Balaban J connectivity index is 2.31. The molecular weight excluding hydrogens is 222 g/mol. The highest BCUT2D eigenvalue weighted by molar-refractivity contribution is 5.40. The predicted molar refractivity (Wildman–Crippen MR) is 76.4 cm³/mol. The van der Waals surface area contributed by atoms with Crippen LogP contribution in [0.15, 0.2) is 18.2 Å². The Bertz CT molecular complexity index is 383. The average Bonchev–Trinajstić information content (AvgIpc) is 2.89. The number of nitrogens with one attached hydrogen (secondary N) is 1. The summed E-state index contributed by atoms with van der Waals surface area (Å²) in [6.07, 6.45) is 5.50. The topological polar surface area (TPSA) is 21.3 Å². The van der Waals surface area contributed by atoms with Gasteiger partial charge in [-0.25, -0.2) is 0 Å². The summed E-state index contributed by atoms with van der Waals surface area (Å²) in [4.78, 5) is 0. The van der Waals surface area contributed by atoms with E-state index in [0.29, 0.717) is 5.92 Å². The van der Waals surface area contributed by atoms with Crippen LogP contribution >= 0.6 is 0 Å². The maximum Gasteiger partial charge on any atom is 0.122 e. The number of methoxy groups -OCH3 is 1. The minimum absolute atomic E-state index is 0.590. The summed E-state index contributed by atoms with van der Waals surface area (Å²) in [7, 11) is 3.82. The van der Waals surface area contributed by atoms with Crippen LogP contribution in [0.3, 0.4) is 0 Å². The highest BCUT2D eigenvalue weighted by atomic mass is 16.5. The third kappa shape index (κ3) is 2.86. The molecule has 1 unspecified atom stereocenters. The fraction of sp³-hybridized carbons (Fsp3) is 0.625. The van der Waals surface area contributed by atoms with Gasteiger partial charge in [-0.2, -0.15) is 0 Å². The largest absolute Gasteiger partial charge is 0.496 e. The van der Waals surface area contributed by atoms with E-state index < -0.39 is 0 Å². The van der Waals surface area contributed by atoms with Crippen LogP contribution in [0.2, 0.25) is 0 Å². The van der Waals surface area contributed by atoms with Crippen LogP contribution in [0, 0.1) is 12.8 Å². The summed E-state index contributed by atoms with van der Waals surface area (Å²) < 4.78 is 5.56. The number of rotatable bonds is 5. The van der Waals surface area contributed by atoms with Crippen molar-refractivity contribution in [2.45, 2.75) is 38.5 Å². The molecule has 1 aliphatic carbocycles. The number of benzene rings is 1. The maximum absolute atomic E-state index is 5.56. The van der Waals surface area contributed by atoms with E-state index in [9.17, 15) is 0 Å². The van der Waals surface area contributed by atoms with Crippen molar-refractivity contribution in [1.29, 1.82) is 0 Å². The first-order valence-electron chi connectivity index (χ1n) is 7.05. The van der Waals surface area contributed by atoms with Crippen molar-refractivity contribution < 1.29 is 4.74 Å². The molecule has 0 spiro atoms. The summed E-state index contributed by atoms with van der Waals surface area (Å²) >= 11 is 0. The summed E-state index contributed by atoms with van der Waals surface area (Å²) in [5, 5.41) is 3.36. The van der Waals surface area contributed by atoms with Gasteiger partial charge in [-0.1, -0.05) is 30.5 Å². The van der Waals surface area contributed by atoms with Gasteiger partial charge in [-0.3, -0.25) is 0 Å². The Labute approximate surface area is 111 Å². The van der Waals surface area contributed by atoms with Crippen molar-refractivity contribution in [3.63, 3.8) is 0 Å². The summed E-state index contributed by atoms with van der Waals surface area (Å²) in [5.74, 6) is 2.45. The van der Waals surface area contributed by atoms with E-state index >= 15 is 0 Å². The molecule has 1 aromatic rings. The zero-order valence-electron chi connectivity index (χ0n) is 11.8. The Morgan fingerprint density at radius 3 is 2.67 bits per heavy atom. The smallest absolute Gasteiger partial charge is 0.122 e. The van der Waals surface area contributed by atoms with Crippen LogP contribution in [0.25, 0.3) is 0 Å². The molecule has 0 aromatic heterocycles. The minimum atomic E-state index is 0.590. The lowest BCUT2D eigenvalue weighted by atomic mass is 9.83. The molecule has 1 atom stereocenters. The van der Waals surface area contributed by atoms with E-state index in [0.717, 1.165) is 18.2 Å². The summed E-state index contributed by atoms with van der Waals surface area (Å²) in [5.41, 5.74) is 2.71. The van der Waals surface area contributed by atoms with Crippen molar-refractivity contribution in [2.24, 2.45) is 5.92 Å². The van der Waals surface area contributed by atoms with E-state index in [4.69, 9.17) is 4.74 Å². The monoisotopic (exact) mass is 247 g/mol. The van der Waals surface area contributed by atoms with Crippen LogP contribution in [0.4, 0.5) is 0 Å². The third-order valence-electron chi connectivity index (χ3n) is 4.18. The van der Waals surface area contributed by atoms with Crippen molar-refractivity contribution >= 4 is 0 Å². The fourth-order valence-electron chi connectivity index (χ4n) is 3.25. The zero-order chi connectivity index (χ0) is 13.0. The molecule has 0 aliphatic heterocycles. The Kier molecular flexibility index (Phi) is 4.65. The van der Waals surface area contributed by atoms with Gasteiger partial charge in [0.25, 0.3) is 0 Å². The van der Waals surface area contributed by atoms with E-state index in [-0.39, 0.29) is 0 Å². The number of hydrogen-bond donors (Lipinski definition) is 1. The van der Waals surface area contributed by atoms with Gasteiger partial charge in [0.1, 0.15) is 5.75 Å². The van der Waals surface area contributed by atoms with Crippen LogP contribution in [0.5, 0.6) is 5.75 Å². The summed E-state index contributed by atoms with van der Waals surface area (Å²) in [6, 6.07) is 6.55. The molecule has 1 aromatic carbocycles. The van der Waals surface area contributed by atoms with Crippen LogP contribution < -0.4 is 10.1 Å². The molecule has 0 amide bonds. The lowest BCUT2D eigenvalue weighted by Gasteiger charge is -2.25. The molecule has 0 heterocycles. The van der Waals surface area contributed by atoms with Gasteiger partial charge in [-0.05, 0) is 44.4 Å². The van der Waals surface area contributed by atoms with Gasteiger partial charge in [0.05, 0.1) is 7.11 Å². The number of hydrogen-bond acceptors (Lipinski definition) is 2. The Hall–Kier alpha value is -1.02. The molecule has 18 heavy (non-hydrogen) atoms. The lowest BCUT2D eigenvalue weighted by molar-refractivity contribution is 0.377. The van der Waals surface area contributed by atoms with Gasteiger partial charge in [-0.15, -0.1) is 0 Å². The van der Waals surface area contributed by atoms with Crippen LogP contribution in [-0.4, -0.2) is 20.7 Å². The van der Waals surface area contributed by atoms with E-state index in [1.165, 1.54) is 36.8 Å². The van der Waals surface area contributed by atoms with E-state index in [1.54, 1.807) is 7.11 Å².